The molecule has 0 aliphatic carbocycles. The van der Waals surface area contributed by atoms with Gasteiger partial charge in [0.05, 0.1) is 19.1 Å². The normalized spacial score (nSPS) is 11.5. The summed E-state index contributed by atoms with van der Waals surface area (Å²) < 4.78 is 16.0. The van der Waals surface area contributed by atoms with Crippen LogP contribution < -0.4 is 20.1 Å². The first kappa shape index (κ1) is 22.0. The summed E-state index contributed by atoms with van der Waals surface area (Å²) in [4.78, 5) is 24.6. The first-order chi connectivity index (χ1) is 15.0. The molecule has 1 unspecified atom stereocenters. The summed E-state index contributed by atoms with van der Waals surface area (Å²) in [7, 11) is 1.50. The van der Waals surface area contributed by atoms with Crippen molar-refractivity contribution < 1.29 is 23.5 Å². The molecule has 0 aliphatic heterocycles. The predicted octanol–water partition coefficient (Wildman–Crippen LogP) is 5.07. The van der Waals surface area contributed by atoms with Crippen LogP contribution in [-0.2, 0) is 4.79 Å². The van der Waals surface area contributed by atoms with E-state index in [1.54, 1.807) is 30.3 Å². The molecule has 0 spiro atoms. The highest BCUT2D eigenvalue weighted by molar-refractivity contribution is 6.03. The van der Waals surface area contributed by atoms with E-state index in [4.69, 9.17) is 13.9 Å². The summed E-state index contributed by atoms with van der Waals surface area (Å²) in [6, 6.07) is 15.9. The van der Waals surface area contributed by atoms with Crippen LogP contribution in [0.5, 0.6) is 11.5 Å². The molecule has 0 radical (unpaired) electrons. The summed E-state index contributed by atoms with van der Waals surface area (Å²) in [6.07, 6.45) is 2.48. The molecule has 3 rings (SSSR count). The summed E-state index contributed by atoms with van der Waals surface area (Å²) in [5, 5.41) is 5.47. The molecule has 162 valence electrons. The van der Waals surface area contributed by atoms with Gasteiger partial charge in [0.2, 0.25) is 0 Å². The lowest BCUT2D eigenvalue weighted by Gasteiger charge is -2.13. The third-order valence-electron chi connectivity index (χ3n) is 4.91. The second-order valence-corrected chi connectivity index (χ2v) is 7.06. The third-order valence-corrected chi connectivity index (χ3v) is 4.91. The van der Waals surface area contributed by atoms with Crippen LogP contribution in [0.15, 0.2) is 65.3 Å². The van der Waals surface area contributed by atoms with E-state index in [0.29, 0.717) is 28.8 Å². The minimum Gasteiger partial charge on any atom is -0.495 e. The number of methoxy groups -OCH3 is 1. The Morgan fingerprint density at radius 2 is 1.84 bits per heavy atom. The molecule has 0 bridgehead atoms. The number of ether oxygens (including phenoxy) is 2. The zero-order chi connectivity index (χ0) is 22.2. The van der Waals surface area contributed by atoms with Gasteiger partial charge in [-0.1, -0.05) is 26.0 Å². The quantitative estimate of drug-likeness (QED) is 0.502. The van der Waals surface area contributed by atoms with Gasteiger partial charge in [-0.25, -0.2) is 0 Å². The van der Waals surface area contributed by atoms with Crippen LogP contribution in [0.4, 0.5) is 11.4 Å². The molecule has 0 saturated carbocycles. The smallest absolute Gasteiger partial charge is 0.291 e. The molecule has 7 heteroatoms. The Morgan fingerprint density at radius 3 is 2.48 bits per heavy atom. The molecule has 0 fully saturated rings. The predicted molar refractivity (Wildman–Crippen MR) is 119 cm³/mol. The van der Waals surface area contributed by atoms with Crippen molar-refractivity contribution >= 4 is 23.2 Å². The first-order valence-corrected chi connectivity index (χ1v) is 10.1. The average molecular weight is 422 g/mol. The average Bonchev–Trinajstić information content (AvgIpc) is 3.33. The van der Waals surface area contributed by atoms with Gasteiger partial charge in [-0.2, -0.15) is 0 Å². The summed E-state index contributed by atoms with van der Waals surface area (Å²) in [5.41, 5.74) is 2.14. The number of amides is 2. The van der Waals surface area contributed by atoms with E-state index >= 15 is 0 Å². The van der Waals surface area contributed by atoms with E-state index in [2.05, 4.69) is 24.5 Å². The van der Waals surface area contributed by atoms with Crippen LogP contribution in [0.3, 0.4) is 0 Å². The van der Waals surface area contributed by atoms with E-state index in [9.17, 15) is 9.59 Å². The van der Waals surface area contributed by atoms with Crippen molar-refractivity contribution in [3.63, 3.8) is 0 Å². The Labute approximate surface area is 181 Å². The standard InChI is InChI=1S/C24H26N2O5/c1-4-16(2)17-7-10-19(11-8-17)31-15-23(27)26-20-14-18(9-12-21(20)29-3)25-24(28)22-6-5-13-30-22/h5-14,16H,4,15H2,1-3H3,(H,25,28)(H,26,27). The molecule has 2 N–H and O–H groups in total. The van der Waals surface area contributed by atoms with Crippen molar-refractivity contribution in [2.24, 2.45) is 0 Å². The van der Waals surface area contributed by atoms with Crippen molar-refractivity contribution in [1.29, 1.82) is 0 Å². The highest BCUT2D eigenvalue weighted by atomic mass is 16.5. The first-order valence-electron chi connectivity index (χ1n) is 10.1. The maximum Gasteiger partial charge on any atom is 0.291 e. The van der Waals surface area contributed by atoms with Gasteiger partial charge in [0.15, 0.2) is 12.4 Å². The highest BCUT2D eigenvalue weighted by Gasteiger charge is 2.13. The van der Waals surface area contributed by atoms with Gasteiger partial charge in [-0.3, -0.25) is 9.59 Å². The highest BCUT2D eigenvalue weighted by Crippen LogP contribution is 2.28. The minimum absolute atomic E-state index is 0.158. The molecular weight excluding hydrogens is 396 g/mol. The van der Waals surface area contributed by atoms with Gasteiger partial charge < -0.3 is 24.5 Å². The minimum atomic E-state index is -0.392. The van der Waals surface area contributed by atoms with Crippen molar-refractivity contribution in [1.82, 2.24) is 0 Å². The fourth-order valence-corrected chi connectivity index (χ4v) is 2.95. The molecule has 1 heterocycles. The van der Waals surface area contributed by atoms with Crippen LogP contribution in [-0.4, -0.2) is 25.5 Å². The zero-order valence-corrected chi connectivity index (χ0v) is 17.8. The number of carbonyl (C=O) groups excluding carboxylic acids is 2. The Bertz CT molecular complexity index is 1010. The van der Waals surface area contributed by atoms with Gasteiger partial charge in [-0.15, -0.1) is 0 Å². The Balaban J connectivity index is 1.61. The fourth-order valence-electron chi connectivity index (χ4n) is 2.95. The van der Waals surface area contributed by atoms with E-state index in [-0.39, 0.29) is 18.3 Å². The molecule has 7 nitrogen and oxygen atoms in total. The Morgan fingerprint density at radius 1 is 1.06 bits per heavy atom. The van der Waals surface area contributed by atoms with Gasteiger partial charge >= 0.3 is 0 Å². The van der Waals surface area contributed by atoms with Gasteiger partial charge in [0.25, 0.3) is 11.8 Å². The lowest BCUT2D eigenvalue weighted by Crippen LogP contribution is -2.20. The second-order valence-electron chi connectivity index (χ2n) is 7.06. The van der Waals surface area contributed by atoms with Gasteiger partial charge in [-0.05, 0) is 60.4 Å². The number of carbonyl (C=O) groups is 2. The molecule has 1 aromatic heterocycles. The van der Waals surface area contributed by atoms with Gasteiger partial charge in [0.1, 0.15) is 11.5 Å². The van der Waals surface area contributed by atoms with E-state index in [1.807, 2.05) is 24.3 Å². The van der Waals surface area contributed by atoms with E-state index in [0.717, 1.165) is 6.42 Å². The lowest BCUT2D eigenvalue weighted by atomic mass is 9.99. The molecular formula is C24H26N2O5. The topological polar surface area (TPSA) is 89.8 Å². The van der Waals surface area contributed by atoms with Crippen molar-refractivity contribution in [3.05, 3.63) is 72.2 Å². The number of furan rings is 1. The molecule has 3 aromatic rings. The third kappa shape index (κ3) is 5.88. The summed E-state index contributed by atoms with van der Waals surface area (Å²) in [6.45, 7) is 4.15. The van der Waals surface area contributed by atoms with Crippen LogP contribution in [0.25, 0.3) is 0 Å². The number of hydrogen-bond acceptors (Lipinski definition) is 5. The van der Waals surface area contributed by atoms with Crippen molar-refractivity contribution in [3.8, 4) is 11.5 Å². The molecule has 31 heavy (non-hydrogen) atoms. The zero-order valence-electron chi connectivity index (χ0n) is 17.8. The maximum atomic E-state index is 12.4. The van der Waals surface area contributed by atoms with Crippen LogP contribution in [0.1, 0.15) is 42.3 Å². The van der Waals surface area contributed by atoms with Crippen LogP contribution >= 0.6 is 0 Å². The molecule has 0 saturated heterocycles. The molecule has 2 amide bonds. The lowest BCUT2D eigenvalue weighted by molar-refractivity contribution is -0.118. The fraction of sp³-hybridized carbons (Fsp3) is 0.250. The van der Waals surface area contributed by atoms with Crippen molar-refractivity contribution in [2.45, 2.75) is 26.2 Å². The largest absolute Gasteiger partial charge is 0.495 e. The summed E-state index contributed by atoms with van der Waals surface area (Å²) >= 11 is 0. The van der Waals surface area contributed by atoms with Crippen LogP contribution in [0, 0.1) is 0 Å². The second kappa shape index (κ2) is 10.3. The molecule has 0 aliphatic rings. The van der Waals surface area contributed by atoms with Crippen LogP contribution in [0.2, 0.25) is 0 Å². The monoisotopic (exact) mass is 422 g/mol. The van der Waals surface area contributed by atoms with E-state index < -0.39 is 5.91 Å². The Hall–Kier alpha value is -3.74. The van der Waals surface area contributed by atoms with Gasteiger partial charge in [0, 0.05) is 5.69 Å². The molecule has 2 aromatic carbocycles. The van der Waals surface area contributed by atoms with Crippen molar-refractivity contribution in [2.75, 3.05) is 24.4 Å². The number of rotatable bonds is 9. The number of hydrogen-bond donors (Lipinski definition) is 2. The number of benzene rings is 2. The molecule has 1 atom stereocenters. The van der Waals surface area contributed by atoms with E-state index in [1.165, 1.54) is 18.9 Å². The Kier molecular flexibility index (Phi) is 7.32. The summed E-state index contributed by atoms with van der Waals surface area (Å²) in [5.74, 6) is 1.01. The SMILES string of the molecule is CCC(C)c1ccc(OCC(=O)Nc2cc(NC(=O)c3ccco3)ccc2OC)cc1. The maximum absolute atomic E-state index is 12.4. The number of anilines is 2. The number of nitrogens with one attached hydrogen (secondary N) is 2.